The summed E-state index contributed by atoms with van der Waals surface area (Å²) in [6.07, 6.45) is -1.98. The number of hydrogen-bond acceptors (Lipinski definition) is 6. The van der Waals surface area contributed by atoms with Gasteiger partial charge in [-0.25, -0.2) is 9.18 Å². The van der Waals surface area contributed by atoms with Crippen molar-refractivity contribution in [3.8, 4) is 0 Å². The molecule has 1 aliphatic rings. The summed E-state index contributed by atoms with van der Waals surface area (Å²) in [6, 6.07) is 12.8. The number of halogens is 1. The van der Waals surface area contributed by atoms with E-state index in [1.165, 1.54) is 25.1 Å². The van der Waals surface area contributed by atoms with Crippen LogP contribution >= 0.6 is 0 Å². The van der Waals surface area contributed by atoms with Gasteiger partial charge >= 0.3 is 12.1 Å². The zero-order chi connectivity index (χ0) is 23.3. The van der Waals surface area contributed by atoms with Crippen LogP contribution in [-0.4, -0.2) is 36.1 Å². The maximum absolute atomic E-state index is 13.9. The molecule has 0 unspecified atom stereocenters. The van der Waals surface area contributed by atoms with Gasteiger partial charge in [0.05, 0.1) is 0 Å². The normalized spacial score (nSPS) is 18.9. The van der Waals surface area contributed by atoms with Gasteiger partial charge < -0.3 is 25.4 Å². The van der Waals surface area contributed by atoms with Gasteiger partial charge in [-0.15, -0.1) is 0 Å². The number of amides is 3. The molecule has 1 fully saturated rings. The van der Waals surface area contributed by atoms with Gasteiger partial charge in [0.25, 0.3) is 11.8 Å². The van der Waals surface area contributed by atoms with E-state index in [-0.39, 0.29) is 12.2 Å². The quantitative estimate of drug-likeness (QED) is 0.440. The predicted molar refractivity (Wildman–Crippen MR) is 109 cm³/mol. The number of hydrogen-bond donors (Lipinski definition) is 3. The Morgan fingerprint density at radius 3 is 2.47 bits per heavy atom. The highest BCUT2D eigenvalue weighted by atomic mass is 19.1. The van der Waals surface area contributed by atoms with Crippen molar-refractivity contribution < 1.29 is 33.0 Å². The fourth-order valence-electron chi connectivity index (χ4n) is 3.08. The lowest BCUT2D eigenvalue weighted by Crippen LogP contribution is -2.72. The van der Waals surface area contributed by atoms with Crippen molar-refractivity contribution in [1.29, 1.82) is 0 Å². The number of nitrogens with one attached hydrogen (secondary N) is 3. The van der Waals surface area contributed by atoms with E-state index in [9.17, 15) is 23.6 Å². The van der Waals surface area contributed by atoms with Crippen LogP contribution in [0.3, 0.4) is 0 Å². The second kappa shape index (κ2) is 9.46. The fraction of sp³-hybridized carbons (Fsp3) is 0.273. The maximum Gasteiger partial charge on any atom is 0.408 e. The summed E-state index contributed by atoms with van der Waals surface area (Å²) in [6.45, 7) is 2.45. The lowest BCUT2D eigenvalue weighted by atomic mass is 9.90. The number of alkyl carbamates (subject to hydrolysis) is 1. The van der Waals surface area contributed by atoms with Crippen molar-refractivity contribution in [3.63, 3.8) is 0 Å². The molecule has 1 aliphatic heterocycles. The Morgan fingerprint density at radius 1 is 1.12 bits per heavy atom. The second-order valence-corrected chi connectivity index (χ2v) is 7.31. The minimum absolute atomic E-state index is 0.0485. The van der Waals surface area contributed by atoms with Gasteiger partial charge in [-0.1, -0.05) is 42.5 Å². The minimum Gasteiger partial charge on any atom is -0.445 e. The molecule has 0 spiro atoms. The molecular weight excluding hydrogens is 421 g/mol. The third kappa shape index (κ3) is 5.20. The summed E-state index contributed by atoms with van der Waals surface area (Å²) in [7, 11) is 0. The van der Waals surface area contributed by atoms with Crippen molar-refractivity contribution in [2.24, 2.45) is 0 Å². The molecule has 3 amide bonds. The smallest absolute Gasteiger partial charge is 0.408 e. The van der Waals surface area contributed by atoms with Gasteiger partial charge in [-0.2, -0.15) is 0 Å². The van der Waals surface area contributed by atoms with Gasteiger partial charge in [-0.3, -0.25) is 14.4 Å². The Bertz CT molecular complexity index is 1030. The van der Waals surface area contributed by atoms with E-state index < -0.39 is 47.5 Å². The molecule has 0 bridgehead atoms. The monoisotopic (exact) mass is 443 g/mol. The van der Waals surface area contributed by atoms with Crippen LogP contribution in [0.4, 0.5) is 9.18 Å². The first-order valence-corrected chi connectivity index (χ1v) is 9.72. The summed E-state index contributed by atoms with van der Waals surface area (Å²) in [5.41, 5.74) is -0.947. The van der Waals surface area contributed by atoms with Crippen LogP contribution < -0.4 is 16.0 Å². The van der Waals surface area contributed by atoms with Crippen LogP contribution in [0.25, 0.3) is 0 Å². The third-order valence-electron chi connectivity index (χ3n) is 4.87. The number of benzene rings is 2. The SMILES string of the molecule is CC(=O)O[C@@H]1NC(=O)[C@H]1NC(=O)[C@](C)(NC(=O)OCc1ccccc1)c1cccc(F)c1. The first-order chi connectivity index (χ1) is 15.2. The standard InChI is InChI=1S/C22H22FN3O6/c1-13(27)32-19-17(18(28)25-19)24-20(29)22(2,15-9-6-10-16(23)11-15)26-21(30)31-12-14-7-4-3-5-8-14/h3-11,17,19H,12H2,1-2H3,(H,24,29)(H,25,28)(H,26,30)/t17-,19+,22-/m1/s1. The molecule has 9 nitrogen and oxygen atoms in total. The summed E-state index contributed by atoms with van der Waals surface area (Å²) in [5.74, 6) is -2.67. The Morgan fingerprint density at radius 2 is 1.84 bits per heavy atom. The van der Waals surface area contributed by atoms with Crippen LogP contribution in [0.5, 0.6) is 0 Å². The molecule has 32 heavy (non-hydrogen) atoms. The van der Waals surface area contributed by atoms with E-state index in [0.717, 1.165) is 18.6 Å². The van der Waals surface area contributed by atoms with Crippen molar-refractivity contribution >= 4 is 23.9 Å². The first-order valence-electron chi connectivity index (χ1n) is 9.72. The number of carbonyl (C=O) groups is 4. The largest absolute Gasteiger partial charge is 0.445 e. The van der Waals surface area contributed by atoms with Crippen LogP contribution in [0.1, 0.15) is 25.0 Å². The Kier molecular flexibility index (Phi) is 6.72. The lowest BCUT2D eigenvalue weighted by molar-refractivity contribution is -0.164. The number of esters is 1. The second-order valence-electron chi connectivity index (χ2n) is 7.31. The molecule has 168 valence electrons. The zero-order valence-electron chi connectivity index (χ0n) is 17.4. The average molecular weight is 443 g/mol. The van der Waals surface area contributed by atoms with E-state index in [2.05, 4.69) is 16.0 Å². The van der Waals surface area contributed by atoms with E-state index in [1.54, 1.807) is 24.3 Å². The molecule has 1 heterocycles. The van der Waals surface area contributed by atoms with Crippen molar-refractivity contribution in [1.82, 2.24) is 16.0 Å². The third-order valence-corrected chi connectivity index (χ3v) is 4.87. The molecule has 2 aromatic carbocycles. The highest BCUT2D eigenvalue weighted by Gasteiger charge is 2.47. The summed E-state index contributed by atoms with van der Waals surface area (Å²) in [5, 5.41) is 7.23. The molecule has 0 radical (unpaired) electrons. The van der Waals surface area contributed by atoms with E-state index >= 15 is 0 Å². The molecular formula is C22H22FN3O6. The number of β-lactam (4-membered cyclic amide) rings is 1. The Hall–Kier alpha value is -3.95. The van der Waals surface area contributed by atoms with Gasteiger partial charge in [-0.05, 0) is 30.2 Å². The van der Waals surface area contributed by atoms with E-state index in [0.29, 0.717) is 0 Å². The topological polar surface area (TPSA) is 123 Å². The minimum atomic E-state index is -1.80. The van der Waals surface area contributed by atoms with Crippen molar-refractivity contribution in [2.45, 2.75) is 38.3 Å². The zero-order valence-corrected chi connectivity index (χ0v) is 17.4. The Balaban J connectivity index is 1.78. The molecule has 10 heteroatoms. The number of ether oxygens (including phenoxy) is 2. The van der Waals surface area contributed by atoms with Crippen LogP contribution in [0, 0.1) is 5.82 Å². The maximum atomic E-state index is 13.9. The van der Waals surface area contributed by atoms with Crippen molar-refractivity contribution in [3.05, 3.63) is 71.5 Å². The molecule has 3 atom stereocenters. The van der Waals surface area contributed by atoms with Gasteiger partial charge in [0, 0.05) is 6.92 Å². The van der Waals surface area contributed by atoms with Crippen LogP contribution in [0.15, 0.2) is 54.6 Å². The molecule has 0 aliphatic carbocycles. The number of carbonyl (C=O) groups excluding carboxylic acids is 4. The average Bonchev–Trinajstić information content (AvgIpc) is 2.76. The predicted octanol–water partition coefficient (Wildman–Crippen LogP) is 1.47. The highest BCUT2D eigenvalue weighted by molar-refractivity contribution is 5.97. The van der Waals surface area contributed by atoms with E-state index in [4.69, 9.17) is 9.47 Å². The van der Waals surface area contributed by atoms with Crippen LogP contribution in [-0.2, 0) is 36.0 Å². The summed E-state index contributed by atoms with van der Waals surface area (Å²) >= 11 is 0. The molecule has 0 aromatic heterocycles. The molecule has 0 saturated carbocycles. The summed E-state index contributed by atoms with van der Waals surface area (Å²) < 4.78 is 24.0. The van der Waals surface area contributed by atoms with Gasteiger partial charge in [0.1, 0.15) is 18.0 Å². The number of rotatable bonds is 7. The lowest BCUT2D eigenvalue weighted by Gasteiger charge is -2.38. The van der Waals surface area contributed by atoms with Crippen LogP contribution in [0.2, 0.25) is 0 Å². The van der Waals surface area contributed by atoms with Gasteiger partial charge in [0.15, 0.2) is 6.04 Å². The highest BCUT2D eigenvalue weighted by Crippen LogP contribution is 2.24. The first kappa shape index (κ1) is 22.7. The Labute approximate surface area is 183 Å². The molecule has 1 saturated heterocycles. The molecule has 3 rings (SSSR count). The molecule has 2 aromatic rings. The fourth-order valence-corrected chi connectivity index (χ4v) is 3.08. The van der Waals surface area contributed by atoms with Gasteiger partial charge in [0.2, 0.25) is 6.23 Å². The van der Waals surface area contributed by atoms with E-state index in [1.807, 2.05) is 6.07 Å². The summed E-state index contributed by atoms with van der Waals surface area (Å²) in [4.78, 5) is 48.7. The molecule has 3 N–H and O–H groups in total. The van der Waals surface area contributed by atoms with Crippen molar-refractivity contribution in [2.75, 3.05) is 0 Å².